The van der Waals surface area contributed by atoms with Crippen LogP contribution in [0, 0.1) is 0 Å². The minimum Gasteiger partial charge on any atom is -0.394 e. The number of fused-ring (bicyclic) bond motifs is 1. The molecule has 0 amide bonds. The van der Waals surface area contributed by atoms with Crippen LogP contribution in [0.25, 0.3) is 11.2 Å². The van der Waals surface area contributed by atoms with Crippen molar-refractivity contribution in [2.75, 3.05) is 19.5 Å². The highest BCUT2D eigenvalue weighted by Gasteiger charge is 2.45. The largest absolute Gasteiger partial charge is 0.394 e. The van der Waals surface area contributed by atoms with Crippen LogP contribution in [0.4, 0.5) is 5.82 Å². The van der Waals surface area contributed by atoms with Crippen LogP contribution in [-0.4, -0.2) is 61.8 Å². The quantitative estimate of drug-likeness (QED) is 0.636. The average molecular weight is 316 g/mol. The van der Waals surface area contributed by atoms with Gasteiger partial charge in [-0.3, -0.25) is 4.57 Å². The summed E-state index contributed by atoms with van der Waals surface area (Å²) in [6, 6.07) is 0. The molecule has 0 aromatic carbocycles. The SMILES string of the molecule is CO[C@H]1[C@@H](O)[C@H](n2cnc3c(N)nc(Cl)nc32)O[C@@H]1CO. The Labute approximate surface area is 124 Å². The van der Waals surface area contributed by atoms with E-state index in [9.17, 15) is 10.2 Å². The third-order valence-corrected chi connectivity index (χ3v) is 3.63. The predicted octanol–water partition coefficient (Wildman–Crippen LogP) is -0.673. The van der Waals surface area contributed by atoms with Crippen molar-refractivity contribution in [1.29, 1.82) is 0 Å². The average Bonchev–Trinajstić information content (AvgIpc) is 2.99. The summed E-state index contributed by atoms with van der Waals surface area (Å²) in [6.45, 7) is -0.281. The summed E-state index contributed by atoms with van der Waals surface area (Å²) in [7, 11) is 1.44. The summed E-state index contributed by atoms with van der Waals surface area (Å²) in [5.41, 5.74) is 6.43. The number of halogens is 1. The molecule has 0 aliphatic carbocycles. The molecule has 10 heteroatoms. The molecule has 0 radical (unpaired) electrons. The van der Waals surface area contributed by atoms with Crippen molar-refractivity contribution in [2.24, 2.45) is 0 Å². The van der Waals surface area contributed by atoms with Crippen molar-refractivity contribution < 1.29 is 19.7 Å². The van der Waals surface area contributed by atoms with Crippen molar-refractivity contribution in [1.82, 2.24) is 19.5 Å². The topological polar surface area (TPSA) is 129 Å². The molecule has 1 aliphatic rings. The van der Waals surface area contributed by atoms with Crippen LogP contribution < -0.4 is 5.73 Å². The van der Waals surface area contributed by atoms with Gasteiger partial charge in [0.05, 0.1) is 12.9 Å². The molecule has 1 aliphatic heterocycles. The monoisotopic (exact) mass is 315 g/mol. The number of anilines is 1. The molecule has 2 aromatic rings. The van der Waals surface area contributed by atoms with Gasteiger partial charge in [0, 0.05) is 7.11 Å². The van der Waals surface area contributed by atoms with Crippen LogP contribution in [0.3, 0.4) is 0 Å². The lowest BCUT2D eigenvalue weighted by atomic mass is 10.1. The van der Waals surface area contributed by atoms with Gasteiger partial charge in [-0.05, 0) is 11.6 Å². The van der Waals surface area contributed by atoms with Crippen molar-refractivity contribution >= 4 is 28.6 Å². The number of aliphatic hydroxyl groups excluding tert-OH is 2. The van der Waals surface area contributed by atoms with Gasteiger partial charge in [0.2, 0.25) is 5.28 Å². The van der Waals surface area contributed by atoms with Crippen LogP contribution in [-0.2, 0) is 9.47 Å². The molecule has 0 bridgehead atoms. The van der Waals surface area contributed by atoms with Crippen molar-refractivity contribution in [3.05, 3.63) is 11.6 Å². The van der Waals surface area contributed by atoms with Gasteiger partial charge in [0.25, 0.3) is 0 Å². The van der Waals surface area contributed by atoms with Crippen LogP contribution in [0.15, 0.2) is 6.33 Å². The van der Waals surface area contributed by atoms with Gasteiger partial charge in [-0.25, -0.2) is 4.98 Å². The second kappa shape index (κ2) is 5.35. The number of nitrogens with two attached hydrogens (primary N) is 1. The molecular weight excluding hydrogens is 302 g/mol. The van der Waals surface area contributed by atoms with Gasteiger partial charge in [-0.15, -0.1) is 0 Å². The third kappa shape index (κ3) is 2.23. The molecule has 9 nitrogen and oxygen atoms in total. The molecule has 4 atom stereocenters. The summed E-state index contributed by atoms with van der Waals surface area (Å²) in [5.74, 6) is 0.137. The normalized spacial score (nSPS) is 29.3. The van der Waals surface area contributed by atoms with E-state index >= 15 is 0 Å². The van der Waals surface area contributed by atoms with Gasteiger partial charge >= 0.3 is 0 Å². The fourth-order valence-corrected chi connectivity index (χ4v) is 2.66. The molecule has 0 spiro atoms. The molecule has 1 fully saturated rings. The number of nitrogens with zero attached hydrogens (tertiary/aromatic N) is 4. The van der Waals surface area contributed by atoms with Crippen molar-refractivity contribution in [2.45, 2.75) is 24.5 Å². The Morgan fingerprint density at radius 1 is 1.52 bits per heavy atom. The van der Waals surface area contributed by atoms with Gasteiger partial charge in [0.1, 0.15) is 23.8 Å². The molecule has 2 aromatic heterocycles. The first kappa shape index (κ1) is 14.4. The second-order valence-electron chi connectivity index (χ2n) is 4.64. The molecule has 3 heterocycles. The highest BCUT2D eigenvalue weighted by atomic mass is 35.5. The number of hydrogen-bond donors (Lipinski definition) is 3. The molecule has 21 heavy (non-hydrogen) atoms. The van der Waals surface area contributed by atoms with Crippen LogP contribution in [0.5, 0.6) is 0 Å². The predicted molar refractivity (Wildman–Crippen MR) is 72.5 cm³/mol. The van der Waals surface area contributed by atoms with Gasteiger partial charge in [-0.2, -0.15) is 9.97 Å². The standard InChI is InChI=1S/C11H14ClN5O4/c1-20-7-4(2-18)21-10(6(7)19)17-3-14-5-8(13)15-11(12)16-9(5)17/h3-4,6-7,10,18-19H,2H2,1H3,(H2,13,15,16)/t4-,6-,7-,10-/m1/s1. The summed E-state index contributed by atoms with van der Waals surface area (Å²) >= 11 is 5.80. The van der Waals surface area contributed by atoms with E-state index in [1.165, 1.54) is 18.0 Å². The molecule has 1 saturated heterocycles. The van der Waals surface area contributed by atoms with E-state index in [1.54, 1.807) is 0 Å². The Morgan fingerprint density at radius 3 is 2.90 bits per heavy atom. The Bertz CT molecular complexity index is 665. The number of nitrogen functional groups attached to an aromatic ring is 1. The van der Waals surface area contributed by atoms with Gasteiger partial charge in [-0.1, -0.05) is 0 Å². The maximum Gasteiger partial charge on any atom is 0.226 e. The van der Waals surface area contributed by atoms with Crippen LogP contribution in [0.1, 0.15) is 6.23 Å². The van der Waals surface area contributed by atoms with E-state index in [1.807, 2.05) is 0 Å². The molecule has 3 rings (SSSR count). The maximum absolute atomic E-state index is 10.3. The Balaban J connectivity index is 2.05. The molecule has 0 unspecified atom stereocenters. The Kier molecular flexibility index (Phi) is 3.68. The molecule has 4 N–H and O–H groups in total. The van der Waals surface area contributed by atoms with Crippen LogP contribution >= 0.6 is 11.6 Å². The van der Waals surface area contributed by atoms with Crippen molar-refractivity contribution in [3.8, 4) is 0 Å². The third-order valence-electron chi connectivity index (χ3n) is 3.46. The zero-order chi connectivity index (χ0) is 15.1. The first-order valence-corrected chi connectivity index (χ1v) is 6.57. The number of ether oxygens (including phenoxy) is 2. The first-order chi connectivity index (χ1) is 10.1. The van der Waals surface area contributed by atoms with E-state index in [2.05, 4.69) is 15.0 Å². The highest BCUT2D eigenvalue weighted by Crippen LogP contribution is 2.33. The van der Waals surface area contributed by atoms with Crippen LogP contribution in [0.2, 0.25) is 5.28 Å². The number of hydrogen-bond acceptors (Lipinski definition) is 8. The van der Waals surface area contributed by atoms with E-state index in [-0.39, 0.29) is 17.7 Å². The van der Waals surface area contributed by atoms with E-state index in [0.29, 0.717) is 11.2 Å². The highest BCUT2D eigenvalue weighted by molar-refractivity contribution is 6.28. The minimum absolute atomic E-state index is 0.0313. The second-order valence-corrected chi connectivity index (χ2v) is 4.98. The summed E-state index contributed by atoms with van der Waals surface area (Å²) in [4.78, 5) is 12.0. The zero-order valence-corrected chi connectivity index (χ0v) is 11.8. The fourth-order valence-electron chi connectivity index (χ4n) is 2.48. The molecule has 0 saturated carbocycles. The Hall–Kier alpha value is -1.52. The minimum atomic E-state index is -1.00. The maximum atomic E-state index is 10.3. The summed E-state index contributed by atoms with van der Waals surface area (Å²) < 4.78 is 12.3. The lowest BCUT2D eigenvalue weighted by molar-refractivity contribution is -0.0535. The van der Waals surface area contributed by atoms with Gasteiger partial charge in [0.15, 0.2) is 17.7 Å². The summed E-state index contributed by atoms with van der Waals surface area (Å²) in [5, 5.41) is 19.6. The van der Waals surface area contributed by atoms with Gasteiger partial charge < -0.3 is 25.4 Å². The smallest absolute Gasteiger partial charge is 0.226 e. The van der Waals surface area contributed by atoms with E-state index < -0.39 is 24.5 Å². The number of aliphatic hydroxyl groups is 2. The first-order valence-electron chi connectivity index (χ1n) is 6.19. The fraction of sp³-hybridized carbons (Fsp3) is 0.545. The molecular formula is C11H14ClN5O4. The number of methoxy groups -OCH3 is 1. The Morgan fingerprint density at radius 2 is 2.29 bits per heavy atom. The number of rotatable bonds is 3. The lowest BCUT2D eigenvalue weighted by Crippen LogP contribution is -2.35. The number of imidazole rings is 1. The molecule has 114 valence electrons. The summed E-state index contributed by atoms with van der Waals surface area (Å²) in [6.07, 6.45) is -1.71. The van der Waals surface area contributed by atoms with Crippen molar-refractivity contribution in [3.63, 3.8) is 0 Å². The van der Waals surface area contributed by atoms with E-state index in [4.69, 9.17) is 26.8 Å². The van der Waals surface area contributed by atoms with E-state index in [0.717, 1.165) is 0 Å². The zero-order valence-electron chi connectivity index (χ0n) is 11.0. The number of aromatic nitrogens is 4. The lowest BCUT2D eigenvalue weighted by Gasteiger charge is -2.17.